The summed E-state index contributed by atoms with van der Waals surface area (Å²) in [7, 11) is 0. The summed E-state index contributed by atoms with van der Waals surface area (Å²) in [6.07, 6.45) is 11.5. The fourth-order valence-corrected chi connectivity index (χ4v) is 6.11. The normalized spacial score (nSPS) is 14.8. The van der Waals surface area contributed by atoms with E-state index in [1.807, 2.05) is 6.20 Å². The molecule has 1 heterocycles. The van der Waals surface area contributed by atoms with Crippen molar-refractivity contribution in [3.8, 4) is 22.4 Å². The van der Waals surface area contributed by atoms with Crippen molar-refractivity contribution >= 4 is 22.2 Å². The van der Waals surface area contributed by atoms with Gasteiger partial charge < -0.3 is 4.98 Å². The monoisotopic (exact) mass is 519 g/mol. The molecule has 0 bridgehead atoms. The molecule has 0 aliphatic heterocycles. The first-order chi connectivity index (χ1) is 18.9. The maximum atomic E-state index is 5.22. The molecule has 1 N–H and O–H groups in total. The number of nitrogens with one attached hydrogen (secondary N) is 1. The molecular formula is C36H45N3. The van der Waals surface area contributed by atoms with Crippen LogP contribution in [0.2, 0.25) is 0 Å². The molecule has 204 valence electrons. The van der Waals surface area contributed by atoms with Gasteiger partial charge >= 0.3 is 0 Å². The number of aliphatic imine (C=N–C) groups is 1. The van der Waals surface area contributed by atoms with Crippen LogP contribution in [0.25, 0.3) is 33.2 Å². The van der Waals surface area contributed by atoms with Gasteiger partial charge in [0.05, 0.1) is 17.6 Å². The SMILES string of the molecule is CCCCC(C)C(C)=Nc1c(C)ccc2c3c(ccc12)-c1ccc(-c2cnc([C@@H](C)CCCC)[nH]2)cc1CC3. The molecular weight excluding hydrogens is 474 g/mol. The molecule has 1 aliphatic rings. The van der Waals surface area contributed by atoms with E-state index in [1.165, 1.54) is 88.4 Å². The van der Waals surface area contributed by atoms with Crippen LogP contribution >= 0.6 is 0 Å². The van der Waals surface area contributed by atoms with Crippen molar-refractivity contribution in [2.75, 3.05) is 0 Å². The van der Waals surface area contributed by atoms with Gasteiger partial charge in [-0.05, 0) is 90.3 Å². The standard InChI is InChI=1S/C36H45N3/c1-7-9-11-23(3)26(6)38-35-24(4)13-16-32-31-18-14-27-21-28(15-17-29(27)30(31)19-20-33(32)35)34-22-37-36(39-34)25(5)12-10-8-2/h13,15-17,19-23,25H,7-12,14,18H2,1-6H3,(H,37,39)/t23?,25-/m0/s1. The fraction of sp³-hybridized carbons (Fsp3) is 0.444. The summed E-state index contributed by atoms with van der Waals surface area (Å²) in [5, 5.41) is 2.65. The molecule has 3 nitrogen and oxygen atoms in total. The minimum absolute atomic E-state index is 0.470. The van der Waals surface area contributed by atoms with Crippen LogP contribution in [0.4, 0.5) is 5.69 Å². The molecule has 0 radical (unpaired) electrons. The molecule has 2 atom stereocenters. The summed E-state index contributed by atoms with van der Waals surface area (Å²) < 4.78 is 0. The van der Waals surface area contributed by atoms with E-state index in [-0.39, 0.29) is 0 Å². The molecule has 1 unspecified atom stereocenters. The summed E-state index contributed by atoms with van der Waals surface area (Å²) in [5.41, 5.74) is 11.7. The van der Waals surface area contributed by atoms with Crippen LogP contribution in [0.5, 0.6) is 0 Å². The zero-order valence-corrected chi connectivity index (χ0v) is 24.8. The van der Waals surface area contributed by atoms with E-state index in [1.54, 1.807) is 0 Å². The van der Waals surface area contributed by atoms with E-state index in [4.69, 9.17) is 9.98 Å². The first-order valence-electron chi connectivity index (χ1n) is 15.2. The maximum absolute atomic E-state index is 5.22. The van der Waals surface area contributed by atoms with Gasteiger partial charge in [0.2, 0.25) is 0 Å². The molecule has 0 amide bonds. The number of benzene rings is 3. The average molecular weight is 520 g/mol. The van der Waals surface area contributed by atoms with Crippen molar-refractivity contribution < 1.29 is 0 Å². The van der Waals surface area contributed by atoms with E-state index in [2.05, 4.69) is 89.0 Å². The third kappa shape index (κ3) is 5.60. The Kier molecular flexibility index (Phi) is 8.35. The Labute approximate surface area is 235 Å². The number of aromatic nitrogens is 2. The second-order valence-corrected chi connectivity index (χ2v) is 11.8. The van der Waals surface area contributed by atoms with Crippen molar-refractivity contribution in [3.05, 3.63) is 71.2 Å². The topological polar surface area (TPSA) is 41.0 Å². The number of unbranched alkanes of at least 4 members (excludes halogenated alkanes) is 2. The molecule has 1 aliphatic carbocycles. The van der Waals surface area contributed by atoms with Crippen LogP contribution in [0, 0.1) is 12.8 Å². The number of hydrogen-bond acceptors (Lipinski definition) is 2. The number of imidazole rings is 1. The second-order valence-electron chi connectivity index (χ2n) is 11.8. The molecule has 0 fully saturated rings. The highest BCUT2D eigenvalue weighted by Crippen LogP contribution is 2.42. The zero-order chi connectivity index (χ0) is 27.5. The number of aryl methyl sites for hydroxylation is 3. The molecule has 4 aromatic rings. The predicted octanol–water partition coefficient (Wildman–Crippen LogP) is 10.5. The maximum Gasteiger partial charge on any atom is 0.109 e. The Morgan fingerprint density at radius 3 is 2.46 bits per heavy atom. The summed E-state index contributed by atoms with van der Waals surface area (Å²) >= 11 is 0. The number of fused-ring (bicyclic) bond motifs is 5. The summed E-state index contributed by atoms with van der Waals surface area (Å²) in [5.74, 6) is 2.10. The number of H-pyrrole nitrogens is 1. The Bertz CT molecular complexity index is 1490. The minimum Gasteiger partial charge on any atom is -0.342 e. The first-order valence-corrected chi connectivity index (χ1v) is 15.2. The fourth-order valence-electron chi connectivity index (χ4n) is 6.11. The molecule has 0 saturated heterocycles. The summed E-state index contributed by atoms with van der Waals surface area (Å²) in [4.78, 5) is 13.5. The average Bonchev–Trinajstić information content (AvgIpc) is 3.45. The van der Waals surface area contributed by atoms with Crippen LogP contribution in [-0.2, 0) is 12.8 Å². The lowest BCUT2D eigenvalue weighted by molar-refractivity contribution is 0.601. The largest absolute Gasteiger partial charge is 0.342 e. The van der Waals surface area contributed by atoms with Crippen molar-refractivity contribution in [1.29, 1.82) is 0 Å². The van der Waals surface area contributed by atoms with Crippen molar-refractivity contribution in [2.45, 2.75) is 98.8 Å². The van der Waals surface area contributed by atoms with E-state index in [0.717, 1.165) is 30.0 Å². The van der Waals surface area contributed by atoms with Gasteiger partial charge in [0.25, 0.3) is 0 Å². The Balaban J connectivity index is 1.47. The molecule has 5 rings (SSSR count). The lowest BCUT2D eigenvalue weighted by Crippen LogP contribution is -2.07. The van der Waals surface area contributed by atoms with Gasteiger partial charge in [0, 0.05) is 17.0 Å². The van der Waals surface area contributed by atoms with E-state index < -0.39 is 0 Å². The Morgan fingerprint density at radius 1 is 0.923 bits per heavy atom. The first kappa shape index (κ1) is 27.4. The van der Waals surface area contributed by atoms with Crippen LogP contribution < -0.4 is 0 Å². The smallest absolute Gasteiger partial charge is 0.109 e. The highest BCUT2D eigenvalue weighted by atomic mass is 14.9. The molecule has 3 aromatic carbocycles. The van der Waals surface area contributed by atoms with E-state index in [0.29, 0.717) is 11.8 Å². The Morgan fingerprint density at radius 2 is 1.67 bits per heavy atom. The predicted molar refractivity (Wildman–Crippen MR) is 169 cm³/mol. The molecule has 0 saturated carbocycles. The van der Waals surface area contributed by atoms with Crippen LogP contribution in [0.1, 0.15) is 102 Å². The van der Waals surface area contributed by atoms with Gasteiger partial charge in [-0.15, -0.1) is 0 Å². The summed E-state index contributed by atoms with van der Waals surface area (Å²) in [6.45, 7) is 13.5. The number of nitrogens with zero attached hydrogens (tertiary/aromatic N) is 2. The number of hydrogen-bond donors (Lipinski definition) is 1. The third-order valence-corrected chi connectivity index (χ3v) is 8.88. The van der Waals surface area contributed by atoms with Gasteiger partial charge in [-0.2, -0.15) is 0 Å². The molecule has 3 heteroatoms. The molecule has 0 spiro atoms. The van der Waals surface area contributed by atoms with Crippen molar-refractivity contribution in [1.82, 2.24) is 9.97 Å². The van der Waals surface area contributed by atoms with Crippen LogP contribution in [0.15, 0.2) is 53.7 Å². The highest BCUT2D eigenvalue weighted by molar-refractivity contribution is 6.02. The molecule has 39 heavy (non-hydrogen) atoms. The zero-order valence-electron chi connectivity index (χ0n) is 24.8. The van der Waals surface area contributed by atoms with Gasteiger partial charge in [0.15, 0.2) is 0 Å². The summed E-state index contributed by atoms with van der Waals surface area (Å²) in [6, 6.07) is 16.2. The third-order valence-electron chi connectivity index (χ3n) is 8.88. The number of aromatic amines is 1. The van der Waals surface area contributed by atoms with Crippen molar-refractivity contribution in [3.63, 3.8) is 0 Å². The van der Waals surface area contributed by atoms with E-state index in [9.17, 15) is 0 Å². The van der Waals surface area contributed by atoms with E-state index >= 15 is 0 Å². The lowest BCUT2D eigenvalue weighted by Gasteiger charge is -2.23. The molecule has 1 aromatic heterocycles. The highest BCUT2D eigenvalue weighted by Gasteiger charge is 2.21. The van der Waals surface area contributed by atoms with Gasteiger partial charge in [-0.3, -0.25) is 4.99 Å². The lowest BCUT2D eigenvalue weighted by atomic mass is 9.82. The number of rotatable bonds is 10. The Hall–Kier alpha value is -3.20. The second kappa shape index (κ2) is 11.9. The van der Waals surface area contributed by atoms with Crippen molar-refractivity contribution in [2.24, 2.45) is 10.9 Å². The minimum atomic E-state index is 0.470. The van der Waals surface area contributed by atoms with Gasteiger partial charge in [-0.1, -0.05) is 89.8 Å². The van der Waals surface area contributed by atoms with Gasteiger partial charge in [0.1, 0.15) is 5.82 Å². The van der Waals surface area contributed by atoms with Crippen LogP contribution in [0.3, 0.4) is 0 Å². The van der Waals surface area contributed by atoms with Crippen LogP contribution in [-0.4, -0.2) is 15.7 Å². The van der Waals surface area contributed by atoms with Gasteiger partial charge in [-0.25, -0.2) is 4.98 Å². The quantitative estimate of drug-likeness (QED) is 0.208.